The minimum Gasteiger partial charge on any atom is -0.497 e. The quantitative estimate of drug-likeness (QED) is 0.552. The number of ether oxygens (including phenoxy) is 4. The molecule has 0 atom stereocenters. The molecule has 2 aromatic carbocycles. The number of carbonyl (C=O) groups excluding carboxylic acids is 2. The van der Waals surface area contributed by atoms with Crippen molar-refractivity contribution < 1.29 is 28.5 Å². The fraction of sp³-hybridized carbons (Fsp3) is 0.481. The molecule has 0 bridgehead atoms. The standard InChI is InChI=1S/C25H31N3O6.C2H6/c1-31-19-9-17(10-20(13-19)32-2)15-27-7-5-25(6-8-27)23(29)28(24(30)26-25)16-18-11-21(33-3)14-22(12-18)34-4;1-2/h9-14H,5-8,15-16H2,1-4H3,(H,26,30);1-2H3. The van der Waals surface area contributed by atoms with Crippen LogP contribution in [-0.4, -0.2) is 68.8 Å². The van der Waals surface area contributed by atoms with Crippen LogP contribution >= 0.6 is 0 Å². The van der Waals surface area contributed by atoms with Crippen LogP contribution in [0.15, 0.2) is 36.4 Å². The van der Waals surface area contributed by atoms with Crippen molar-refractivity contribution in [3.05, 3.63) is 47.5 Å². The van der Waals surface area contributed by atoms with Crippen molar-refractivity contribution in [2.24, 2.45) is 0 Å². The molecular formula is C27H37N3O6. The van der Waals surface area contributed by atoms with Gasteiger partial charge in [0.05, 0.1) is 35.0 Å². The number of piperidine rings is 1. The number of nitrogens with zero attached hydrogens (tertiary/aromatic N) is 2. The van der Waals surface area contributed by atoms with Crippen molar-refractivity contribution >= 4 is 11.9 Å². The van der Waals surface area contributed by atoms with Gasteiger partial charge in [-0.2, -0.15) is 0 Å². The molecule has 4 rings (SSSR count). The van der Waals surface area contributed by atoms with Gasteiger partial charge in [0.2, 0.25) is 0 Å². The van der Waals surface area contributed by atoms with Gasteiger partial charge in [-0.25, -0.2) is 4.79 Å². The summed E-state index contributed by atoms with van der Waals surface area (Å²) < 4.78 is 21.4. The number of nitrogens with one attached hydrogen (secondary N) is 1. The average Bonchev–Trinajstić information content (AvgIpc) is 3.14. The number of benzene rings is 2. The lowest BCUT2D eigenvalue weighted by atomic mass is 9.87. The molecule has 36 heavy (non-hydrogen) atoms. The maximum absolute atomic E-state index is 13.4. The SMILES string of the molecule is CC.COc1cc(CN2CCC3(CC2)NC(=O)N(Cc2cc(OC)cc(OC)c2)C3=O)cc(OC)c1. The summed E-state index contributed by atoms with van der Waals surface area (Å²) in [7, 11) is 6.39. The van der Waals surface area contributed by atoms with E-state index in [1.165, 1.54) is 4.90 Å². The van der Waals surface area contributed by atoms with E-state index in [2.05, 4.69) is 10.2 Å². The Kier molecular flexibility index (Phi) is 9.03. The molecule has 2 aliphatic heterocycles. The van der Waals surface area contributed by atoms with Crippen LogP contribution in [0.25, 0.3) is 0 Å². The second-order valence-corrected chi connectivity index (χ2v) is 8.62. The molecule has 9 nitrogen and oxygen atoms in total. The average molecular weight is 500 g/mol. The van der Waals surface area contributed by atoms with Crippen molar-refractivity contribution in [1.29, 1.82) is 0 Å². The zero-order valence-electron chi connectivity index (χ0n) is 22.1. The van der Waals surface area contributed by atoms with Crippen LogP contribution in [0.2, 0.25) is 0 Å². The Morgan fingerprint density at radius 2 is 1.14 bits per heavy atom. The molecule has 3 amide bonds. The highest BCUT2D eigenvalue weighted by molar-refractivity contribution is 6.07. The molecule has 2 heterocycles. The molecule has 9 heteroatoms. The highest BCUT2D eigenvalue weighted by Crippen LogP contribution is 2.33. The number of hydrogen-bond acceptors (Lipinski definition) is 7. The molecule has 1 spiro atoms. The van der Waals surface area contributed by atoms with E-state index >= 15 is 0 Å². The molecule has 2 saturated heterocycles. The van der Waals surface area contributed by atoms with Crippen LogP contribution in [0, 0.1) is 0 Å². The second-order valence-electron chi connectivity index (χ2n) is 8.62. The first kappa shape index (κ1) is 27.1. The molecular weight excluding hydrogens is 462 g/mol. The number of hydrogen-bond donors (Lipinski definition) is 1. The third kappa shape index (κ3) is 5.84. The normalized spacial score (nSPS) is 16.8. The van der Waals surface area contributed by atoms with Gasteiger partial charge in [0.25, 0.3) is 5.91 Å². The first-order valence-electron chi connectivity index (χ1n) is 12.2. The monoisotopic (exact) mass is 499 g/mol. The Labute approximate surface area is 213 Å². The summed E-state index contributed by atoms with van der Waals surface area (Å²) in [6.45, 7) is 6.24. The van der Waals surface area contributed by atoms with Crippen LogP contribution < -0.4 is 24.3 Å². The molecule has 0 unspecified atom stereocenters. The first-order chi connectivity index (χ1) is 17.4. The van der Waals surface area contributed by atoms with Crippen molar-refractivity contribution in [3.63, 3.8) is 0 Å². The van der Waals surface area contributed by atoms with Crippen LogP contribution in [0.4, 0.5) is 4.79 Å². The number of rotatable bonds is 8. The highest BCUT2D eigenvalue weighted by Gasteiger charge is 2.52. The lowest BCUT2D eigenvalue weighted by molar-refractivity contribution is -0.133. The number of methoxy groups -OCH3 is 4. The summed E-state index contributed by atoms with van der Waals surface area (Å²) in [5.41, 5.74) is 0.978. The molecule has 1 N–H and O–H groups in total. The number of amides is 3. The van der Waals surface area contributed by atoms with Gasteiger partial charge < -0.3 is 24.3 Å². The largest absolute Gasteiger partial charge is 0.497 e. The molecule has 0 aliphatic carbocycles. The smallest absolute Gasteiger partial charge is 0.325 e. The lowest BCUT2D eigenvalue weighted by Gasteiger charge is -2.37. The van der Waals surface area contributed by atoms with Crippen molar-refractivity contribution in [2.75, 3.05) is 41.5 Å². The summed E-state index contributed by atoms with van der Waals surface area (Å²) >= 11 is 0. The van der Waals surface area contributed by atoms with Gasteiger partial charge in [-0.05, 0) is 48.2 Å². The van der Waals surface area contributed by atoms with Gasteiger partial charge in [-0.15, -0.1) is 0 Å². The van der Waals surface area contributed by atoms with Gasteiger partial charge in [-0.1, -0.05) is 13.8 Å². The fourth-order valence-electron chi connectivity index (χ4n) is 4.61. The van der Waals surface area contributed by atoms with Gasteiger partial charge in [-0.3, -0.25) is 14.6 Å². The van der Waals surface area contributed by atoms with E-state index in [0.29, 0.717) is 44.0 Å². The molecule has 2 fully saturated rings. The van der Waals surface area contributed by atoms with Crippen LogP contribution in [0.1, 0.15) is 37.8 Å². The first-order valence-corrected chi connectivity index (χ1v) is 12.2. The number of carbonyl (C=O) groups is 2. The molecule has 2 aromatic rings. The summed E-state index contributed by atoms with van der Waals surface area (Å²) in [5.74, 6) is 2.52. The Hall–Kier alpha value is -3.46. The highest BCUT2D eigenvalue weighted by atomic mass is 16.5. The maximum Gasteiger partial charge on any atom is 0.325 e. The molecule has 0 aromatic heterocycles. The number of likely N-dealkylation sites (tertiary alicyclic amines) is 1. The van der Waals surface area contributed by atoms with E-state index in [1.54, 1.807) is 46.6 Å². The topological polar surface area (TPSA) is 89.6 Å². The maximum atomic E-state index is 13.4. The minimum absolute atomic E-state index is 0.160. The van der Waals surface area contributed by atoms with E-state index in [9.17, 15) is 9.59 Å². The molecule has 2 aliphatic rings. The molecule has 0 radical (unpaired) electrons. The predicted octanol–water partition coefficient (Wildman–Crippen LogP) is 3.83. The summed E-state index contributed by atoms with van der Waals surface area (Å²) in [6.07, 6.45) is 1.10. The minimum atomic E-state index is -0.859. The Bertz CT molecular complexity index is 1020. The van der Waals surface area contributed by atoms with Gasteiger partial charge >= 0.3 is 6.03 Å². The fourth-order valence-corrected chi connectivity index (χ4v) is 4.61. The summed E-state index contributed by atoms with van der Waals surface area (Å²) in [4.78, 5) is 29.7. The second kappa shape index (κ2) is 12.0. The van der Waals surface area contributed by atoms with Crippen LogP contribution in [0.5, 0.6) is 23.0 Å². The van der Waals surface area contributed by atoms with Gasteiger partial charge in [0, 0.05) is 31.8 Å². The Balaban J connectivity index is 0.00000176. The number of imide groups is 1. The van der Waals surface area contributed by atoms with Crippen molar-refractivity contribution in [2.45, 2.75) is 45.3 Å². The van der Waals surface area contributed by atoms with Crippen molar-refractivity contribution in [1.82, 2.24) is 15.1 Å². The molecule has 0 saturated carbocycles. The molecule has 196 valence electrons. The third-order valence-electron chi connectivity index (χ3n) is 6.52. The lowest BCUT2D eigenvalue weighted by Crippen LogP contribution is -2.54. The van der Waals surface area contributed by atoms with E-state index in [-0.39, 0.29) is 18.5 Å². The third-order valence-corrected chi connectivity index (χ3v) is 6.52. The zero-order chi connectivity index (χ0) is 26.3. The zero-order valence-corrected chi connectivity index (χ0v) is 22.1. The Morgan fingerprint density at radius 3 is 1.56 bits per heavy atom. The van der Waals surface area contributed by atoms with E-state index in [0.717, 1.165) is 22.6 Å². The van der Waals surface area contributed by atoms with Gasteiger partial charge in [0.15, 0.2) is 0 Å². The summed E-state index contributed by atoms with van der Waals surface area (Å²) in [5, 5.41) is 2.98. The van der Waals surface area contributed by atoms with E-state index in [1.807, 2.05) is 32.0 Å². The summed E-state index contributed by atoms with van der Waals surface area (Å²) in [6, 6.07) is 10.8. The predicted molar refractivity (Wildman–Crippen MR) is 137 cm³/mol. The number of urea groups is 1. The van der Waals surface area contributed by atoms with Crippen molar-refractivity contribution in [3.8, 4) is 23.0 Å². The van der Waals surface area contributed by atoms with E-state index in [4.69, 9.17) is 18.9 Å². The van der Waals surface area contributed by atoms with E-state index < -0.39 is 5.54 Å². The van der Waals surface area contributed by atoms with Crippen LogP contribution in [-0.2, 0) is 17.9 Å². The van der Waals surface area contributed by atoms with Gasteiger partial charge in [0.1, 0.15) is 28.5 Å². The van der Waals surface area contributed by atoms with Crippen LogP contribution in [0.3, 0.4) is 0 Å². The Morgan fingerprint density at radius 1 is 0.722 bits per heavy atom.